The Morgan fingerprint density at radius 1 is 1.21 bits per heavy atom. The lowest BCUT2D eigenvalue weighted by atomic mass is 9.96. The van der Waals surface area contributed by atoms with Gasteiger partial charge in [-0.1, -0.05) is 13.8 Å². The Morgan fingerprint density at radius 2 is 1.79 bits per heavy atom. The van der Waals surface area contributed by atoms with Crippen LogP contribution in [0.3, 0.4) is 0 Å². The van der Waals surface area contributed by atoms with Crippen molar-refractivity contribution in [1.29, 1.82) is 0 Å². The third-order valence-electron chi connectivity index (χ3n) is 2.85. The molecular formula is C11H19N3. The first-order valence-corrected chi connectivity index (χ1v) is 5.21. The molecule has 3 heteroatoms. The molecule has 1 aromatic rings. The van der Waals surface area contributed by atoms with E-state index in [1.54, 1.807) is 12.4 Å². The standard InChI is InChI=1S/C11H19N3/c1-4-11(3,5-2)14-9-10-12-7-6-8-13-10/h6-8,14H,4-5,9H2,1-3H3. The minimum absolute atomic E-state index is 0.208. The molecule has 0 aliphatic heterocycles. The van der Waals surface area contributed by atoms with E-state index in [-0.39, 0.29) is 5.54 Å². The second kappa shape index (κ2) is 5.05. The van der Waals surface area contributed by atoms with E-state index >= 15 is 0 Å². The summed E-state index contributed by atoms with van der Waals surface area (Å²) in [7, 11) is 0. The first-order valence-electron chi connectivity index (χ1n) is 5.21. The highest BCUT2D eigenvalue weighted by molar-refractivity contribution is 4.90. The number of aromatic nitrogens is 2. The van der Waals surface area contributed by atoms with E-state index in [1.807, 2.05) is 6.07 Å². The van der Waals surface area contributed by atoms with Crippen LogP contribution in [0, 0.1) is 0 Å². The first-order chi connectivity index (χ1) is 6.70. The van der Waals surface area contributed by atoms with Crippen molar-refractivity contribution in [2.75, 3.05) is 0 Å². The summed E-state index contributed by atoms with van der Waals surface area (Å²) in [5.74, 6) is 0.862. The second-order valence-electron chi connectivity index (χ2n) is 3.79. The molecule has 0 spiro atoms. The largest absolute Gasteiger partial charge is 0.305 e. The maximum Gasteiger partial charge on any atom is 0.141 e. The van der Waals surface area contributed by atoms with Gasteiger partial charge in [-0.05, 0) is 25.8 Å². The summed E-state index contributed by atoms with van der Waals surface area (Å²) in [5, 5.41) is 3.49. The molecule has 1 N–H and O–H groups in total. The van der Waals surface area contributed by atoms with Crippen molar-refractivity contribution >= 4 is 0 Å². The summed E-state index contributed by atoms with van der Waals surface area (Å²) in [6.07, 6.45) is 5.80. The fraction of sp³-hybridized carbons (Fsp3) is 0.636. The van der Waals surface area contributed by atoms with Crippen molar-refractivity contribution in [3.05, 3.63) is 24.3 Å². The van der Waals surface area contributed by atoms with Crippen LogP contribution in [0.5, 0.6) is 0 Å². The Labute approximate surface area is 86.0 Å². The zero-order chi connectivity index (χ0) is 10.4. The van der Waals surface area contributed by atoms with Gasteiger partial charge >= 0.3 is 0 Å². The molecule has 1 rings (SSSR count). The Balaban J connectivity index is 2.48. The highest BCUT2D eigenvalue weighted by Gasteiger charge is 2.18. The van der Waals surface area contributed by atoms with Gasteiger partial charge in [0.1, 0.15) is 5.82 Å². The SMILES string of the molecule is CCC(C)(CC)NCc1ncccn1. The van der Waals surface area contributed by atoms with Gasteiger partial charge in [-0.2, -0.15) is 0 Å². The molecule has 0 unspecified atom stereocenters. The Morgan fingerprint density at radius 3 is 2.29 bits per heavy atom. The van der Waals surface area contributed by atoms with Gasteiger partial charge in [0.2, 0.25) is 0 Å². The van der Waals surface area contributed by atoms with E-state index in [9.17, 15) is 0 Å². The molecule has 0 radical (unpaired) electrons. The minimum atomic E-state index is 0.208. The molecule has 0 aliphatic rings. The van der Waals surface area contributed by atoms with Gasteiger partial charge in [0.15, 0.2) is 0 Å². The highest BCUT2D eigenvalue weighted by Crippen LogP contribution is 2.13. The first kappa shape index (κ1) is 11.1. The molecule has 14 heavy (non-hydrogen) atoms. The van der Waals surface area contributed by atoms with Crippen LogP contribution in [0.15, 0.2) is 18.5 Å². The van der Waals surface area contributed by atoms with Gasteiger partial charge in [0.25, 0.3) is 0 Å². The van der Waals surface area contributed by atoms with Crippen molar-refractivity contribution in [3.63, 3.8) is 0 Å². The molecule has 0 saturated carbocycles. The second-order valence-corrected chi connectivity index (χ2v) is 3.79. The van der Waals surface area contributed by atoms with Crippen LogP contribution in [0.1, 0.15) is 39.4 Å². The molecule has 0 amide bonds. The predicted octanol–water partition coefficient (Wildman–Crippen LogP) is 2.14. The highest BCUT2D eigenvalue weighted by atomic mass is 15.0. The Hall–Kier alpha value is -0.960. The van der Waals surface area contributed by atoms with Gasteiger partial charge in [0, 0.05) is 17.9 Å². The van der Waals surface area contributed by atoms with Crippen LogP contribution in [-0.2, 0) is 6.54 Å². The topological polar surface area (TPSA) is 37.8 Å². The van der Waals surface area contributed by atoms with Crippen molar-refractivity contribution in [2.24, 2.45) is 0 Å². The summed E-state index contributed by atoms with van der Waals surface area (Å²) < 4.78 is 0. The monoisotopic (exact) mass is 193 g/mol. The molecule has 1 heterocycles. The van der Waals surface area contributed by atoms with Crippen LogP contribution in [0.4, 0.5) is 0 Å². The van der Waals surface area contributed by atoms with Crippen LogP contribution < -0.4 is 5.32 Å². The van der Waals surface area contributed by atoms with Crippen LogP contribution in [0.25, 0.3) is 0 Å². The third kappa shape index (κ3) is 3.07. The third-order valence-corrected chi connectivity index (χ3v) is 2.85. The van der Waals surface area contributed by atoms with Gasteiger partial charge in [0.05, 0.1) is 6.54 Å². The summed E-state index contributed by atoms with van der Waals surface area (Å²) in [5.41, 5.74) is 0.208. The average Bonchev–Trinajstić information content (AvgIpc) is 2.27. The molecule has 3 nitrogen and oxygen atoms in total. The fourth-order valence-corrected chi connectivity index (χ4v) is 1.21. The zero-order valence-electron chi connectivity index (χ0n) is 9.25. The molecule has 0 saturated heterocycles. The molecule has 78 valence electrons. The molecule has 1 aromatic heterocycles. The normalized spacial score (nSPS) is 11.6. The maximum absolute atomic E-state index is 4.18. The van der Waals surface area contributed by atoms with Gasteiger partial charge in [-0.15, -0.1) is 0 Å². The minimum Gasteiger partial charge on any atom is -0.305 e. The summed E-state index contributed by atoms with van der Waals surface area (Å²) in [4.78, 5) is 8.35. The van der Waals surface area contributed by atoms with Gasteiger partial charge < -0.3 is 5.32 Å². The van der Waals surface area contributed by atoms with E-state index in [0.29, 0.717) is 0 Å². The summed E-state index contributed by atoms with van der Waals surface area (Å²) in [6.45, 7) is 7.37. The number of nitrogens with one attached hydrogen (secondary N) is 1. The Bertz CT molecular complexity index is 254. The lowest BCUT2D eigenvalue weighted by molar-refractivity contribution is 0.326. The van der Waals surface area contributed by atoms with Gasteiger partial charge in [-0.3, -0.25) is 0 Å². The van der Waals surface area contributed by atoms with Crippen LogP contribution >= 0.6 is 0 Å². The van der Waals surface area contributed by atoms with Crippen LogP contribution in [0.2, 0.25) is 0 Å². The van der Waals surface area contributed by atoms with Crippen molar-refractivity contribution in [1.82, 2.24) is 15.3 Å². The number of hydrogen-bond donors (Lipinski definition) is 1. The Kier molecular flexibility index (Phi) is 4.01. The van der Waals surface area contributed by atoms with Crippen molar-refractivity contribution < 1.29 is 0 Å². The summed E-state index contributed by atoms with van der Waals surface area (Å²) >= 11 is 0. The predicted molar refractivity (Wildman–Crippen MR) is 57.9 cm³/mol. The van der Waals surface area contributed by atoms with Crippen molar-refractivity contribution in [2.45, 2.75) is 45.7 Å². The molecule has 0 fully saturated rings. The molecular weight excluding hydrogens is 174 g/mol. The van der Waals surface area contributed by atoms with Crippen LogP contribution in [-0.4, -0.2) is 15.5 Å². The quantitative estimate of drug-likeness (QED) is 0.778. The summed E-state index contributed by atoms with van der Waals surface area (Å²) in [6, 6.07) is 1.84. The van der Waals surface area contributed by atoms with E-state index in [0.717, 1.165) is 25.2 Å². The lowest BCUT2D eigenvalue weighted by Crippen LogP contribution is -2.40. The van der Waals surface area contributed by atoms with E-state index in [4.69, 9.17) is 0 Å². The zero-order valence-corrected chi connectivity index (χ0v) is 9.25. The number of hydrogen-bond acceptors (Lipinski definition) is 3. The lowest BCUT2D eigenvalue weighted by Gasteiger charge is -2.27. The molecule has 0 aromatic carbocycles. The molecule has 0 bridgehead atoms. The van der Waals surface area contributed by atoms with E-state index in [2.05, 4.69) is 36.1 Å². The van der Waals surface area contributed by atoms with E-state index < -0.39 is 0 Å². The van der Waals surface area contributed by atoms with Gasteiger partial charge in [-0.25, -0.2) is 9.97 Å². The van der Waals surface area contributed by atoms with Crippen molar-refractivity contribution in [3.8, 4) is 0 Å². The van der Waals surface area contributed by atoms with E-state index in [1.165, 1.54) is 0 Å². The number of rotatable bonds is 5. The molecule has 0 atom stereocenters. The smallest absolute Gasteiger partial charge is 0.141 e. The number of nitrogens with zero attached hydrogens (tertiary/aromatic N) is 2. The fourth-order valence-electron chi connectivity index (χ4n) is 1.21. The average molecular weight is 193 g/mol. The molecule has 0 aliphatic carbocycles. The maximum atomic E-state index is 4.18.